The molecule has 1 aliphatic carbocycles. The van der Waals surface area contributed by atoms with Gasteiger partial charge in [-0.1, -0.05) is 33.1 Å². The largest absolute Gasteiger partial charge is 0.424 e. The summed E-state index contributed by atoms with van der Waals surface area (Å²) in [5.74, 6) is 1.47. The van der Waals surface area contributed by atoms with E-state index in [-0.39, 0.29) is 12.0 Å². The molecule has 26 heavy (non-hydrogen) atoms. The molecule has 0 bridgehead atoms. The third-order valence-corrected chi connectivity index (χ3v) is 7.49. The first-order valence-corrected chi connectivity index (χ1v) is 11.1. The van der Waals surface area contributed by atoms with Crippen molar-refractivity contribution in [3.05, 3.63) is 11.8 Å². The molecule has 0 unspecified atom stereocenters. The van der Waals surface area contributed by atoms with Crippen molar-refractivity contribution in [1.82, 2.24) is 23.7 Å². The van der Waals surface area contributed by atoms with Gasteiger partial charge in [0, 0.05) is 45.2 Å². The molecule has 1 saturated carbocycles. The second-order valence-corrected chi connectivity index (χ2v) is 9.67. The Balaban J connectivity index is 1.53. The maximum atomic E-state index is 12.9. The average Bonchev–Trinajstić information content (AvgIpc) is 3.11. The van der Waals surface area contributed by atoms with Crippen molar-refractivity contribution in [2.45, 2.75) is 64.5 Å². The number of hydrogen-bond donors (Lipinski definition) is 0. The Morgan fingerprint density at radius 3 is 2.35 bits per heavy atom. The molecule has 0 radical (unpaired) electrons. The summed E-state index contributed by atoms with van der Waals surface area (Å²) in [6.45, 7) is 6.98. The Hall–Kier alpha value is -1.03. The highest BCUT2D eigenvalue weighted by atomic mass is 32.2. The fraction of sp³-hybridized carbons (Fsp3) is 0.882. The van der Waals surface area contributed by atoms with Crippen LogP contribution in [0.1, 0.15) is 63.7 Å². The van der Waals surface area contributed by atoms with Gasteiger partial charge in [0.05, 0.1) is 6.54 Å². The molecular weight excluding hydrogens is 354 g/mol. The third kappa shape index (κ3) is 4.44. The monoisotopic (exact) mass is 385 g/mol. The van der Waals surface area contributed by atoms with E-state index in [1.165, 1.54) is 6.42 Å². The number of hydrogen-bond acceptors (Lipinski definition) is 6. The zero-order chi connectivity index (χ0) is 18.7. The van der Waals surface area contributed by atoms with E-state index in [0.29, 0.717) is 44.5 Å². The summed E-state index contributed by atoms with van der Waals surface area (Å²) in [5.41, 5.74) is 0. The molecular formula is C17H31N5O3S. The van der Waals surface area contributed by atoms with Crippen LogP contribution in [0, 0.1) is 0 Å². The van der Waals surface area contributed by atoms with Crippen molar-refractivity contribution in [3.8, 4) is 0 Å². The zero-order valence-electron chi connectivity index (χ0n) is 16.1. The predicted molar refractivity (Wildman–Crippen MR) is 98.8 cm³/mol. The minimum atomic E-state index is -3.38. The summed E-state index contributed by atoms with van der Waals surface area (Å²) in [4.78, 5) is 2.17. The fourth-order valence-corrected chi connectivity index (χ4v) is 5.27. The van der Waals surface area contributed by atoms with Crippen molar-refractivity contribution in [3.63, 3.8) is 0 Å². The van der Waals surface area contributed by atoms with Crippen molar-refractivity contribution >= 4 is 10.2 Å². The predicted octanol–water partition coefficient (Wildman–Crippen LogP) is 1.82. The van der Waals surface area contributed by atoms with Gasteiger partial charge in [0.2, 0.25) is 11.8 Å². The van der Waals surface area contributed by atoms with Crippen LogP contribution in [-0.4, -0.2) is 71.4 Å². The van der Waals surface area contributed by atoms with E-state index in [0.717, 1.165) is 25.7 Å². The SMILES string of the molecule is CC(C)c1nnc(CN2CCN(S(=O)(=O)N(C)C3CCCCC3)CC2)o1. The Morgan fingerprint density at radius 1 is 1.12 bits per heavy atom. The molecule has 1 aromatic heterocycles. The molecule has 148 valence electrons. The second kappa shape index (κ2) is 8.33. The van der Waals surface area contributed by atoms with Gasteiger partial charge >= 0.3 is 0 Å². The highest BCUT2D eigenvalue weighted by Gasteiger charge is 2.34. The van der Waals surface area contributed by atoms with Crippen LogP contribution in [0.15, 0.2) is 4.42 Å². The molecule has 1 aromatic rings. The lowest BCUT2D eigenvalue weighted by Crippen LogP contribution is -2.54. The first kappa shape index (κ1) is 19.7. The lowest BCUT2D eigenvalue weighted by molar-refractivity contribution is 0.158. The number of piperazine rings is 1. The summed E-state index contributed by atoms with van der Waals surface area (Å²) < 4.78 is 34.7. The molecule has 0 N–H and O–H groups in total. The molecule has 0 amide bonds. The van der Waals surface area contributed by atoms with E-state index in [1.54, 1.807) is 15.7 Å². The summed E-state index contributed by atoms with van der Waals surface area (Å²) in [6.07, 6.45) is 5.43. The van der Waals surface area contributed by atoms with Gasteiger partial charge in [0.25, 0.3) is 10.2 Å². The topological polar surface area (TPSA) is 82.8 Å². The van der Waals surface area contributed by atoms with Crippen LogP contribution in [0.5, 0.6) is 0 Å². The Kier molecular flexibility index (Phi) is 6.32. The lowest BCUT2D eigenvalue weighted by atomic mass is 9.96. The molecule has 9 heteroatoms. The molecule has 1 aliphatic heterocycles. The first-order valence-electron chi connectivity index (χ1n) is 9.65. The normalized spacial score (nSPS) is 21.7. The van der Waals surface area contributed by atoms with Crippen LogP contribution in [0.2, 0.25) is 0 Å². The second-order valence-electron chi connectivity index (χ2n) is 7.68. The maximum absolute atomic E-state index is 12.9. The van der Waals surface area contributed by atoms with Crippen molar-refractivity contribution in [2.24, 2.45) is 0 Å². The summed E-state index contributed by atoms with van der Waals surface area (Å²) in [5, 5.41) is 8.14. The zero-order valence-corrected chi connectivity index (χ0v) is 16.9. The molecule has 3 rings (SSSR count). The van der Waals surface area contributed by atoms with E-state index >= 15 is 0 Å². The van der Waals surface area contributed by atoms with Gasteiger partial charge < -0.3 is 4.42 Å². The van der Waals surface area contributed by atoms with Gasteiger partial charge in [0.15, 0.2) is 0 Å². The van der Waals surface area contributed by atoms with Crippen molar-refractivity contribution in [1.29, 1.82) is 0 Å². The van der Waals surface area contributed by atoms with Gasteiger partial charge in [-0.2, -0.15) is 17.0 Å². The Labute approximate surface area is 156 Å². The highest BCUT2D eigenvalue weighted by molar-refractivity contribution is 7.86. The highest BCUT2D eigenvalue weighted by Crippen LogP contribution is 2.25. The molecule has 8 nitrogen and oxygen atoms in total. The third-order valence-electron chi connectivity index (χ3n) is 5.45. The minimum Gasteiger partial charge on any atom is -0.424 e. The van der Waals surface area contributed by atoms with Crippen LogP contribution in [-0.2, 0) is 16.8 Å². The molecule has 2 heterocycles. The van der Waals surface area contributed by atoms with Gasteiger partial charge in [-0.25, -0.2) is 0 Å². The fourth-order valence-electron chi connectivity index (χ4n) is 3.69. The van der Waals surface area contributed by atoms with Crippen LogP contribution in [0.3, 0.4) is 0 Å². The van der Waals surface area contributed by atoms with E-state index < -0.39 is 10.2 Å². The van der Waals surface area contributed by atoms with Crippen molar-refractivity contribution in [2.75, 3.05) is 33.2 Å². The molecule has 1 saturated heterocycles. The Bertz CT molecular complexity index is 676. The maximum Gasteiger partial charge on any atom is 0.282 e. The minimum absolute atomic E-state index is 0.152. The van der Waals surface area contributed by atoms with E-state index in [2.05, 4.69) is 15.1 Å². The quantitative estimate of drug-likeness (QED) is 0.743. The molecule has 0 atom stereocenters. The first-order chi connectivity index (χ1) is 12.4. The van der Waals surface area contributed by atoms with Crippen LogP contribution >= 0.6 is 0 Å². The molecule has 0 aromatic carbocycles. The summed E-state index contributed by atoms with van der Waals surface area (Å²) in [7, 11) is -1.64. The molecule has 2 aliphatic rings. The standard InChI is InChI=1S/C17H31N5O3S/c1-14(2)17-19-18-16(25-17)13-21-9-11-22(12-10-21)26(23,24)20(3)15-7-5-4-6-8-15/h14-15H,4-13H2,1-3H3. The van der Waals surface area contributed by atoms with Gasteiger partial charge in [-0.15, -0.1) is 10.2 Å². The van der Waals surface area contributed by atoms with Crippen molar-refractivity contribution < 1.29 is 12.8 Å². The molecule has 0 spiro atoms. The Morgan fingerprint density at radius 2 is 1.77 bits per heavy atom. The number of nitrogens with zero attached hydrogens (tertiary/aromatic N) is 5. The molecule has 2 fully saturated rings. The van der Waals surface area contributed by atoms with Gasteiger partial charge in [-0.3, -0.25) is 4.90 Å². The van der Waals surface area contributed by atoms with Crippen LogP contribution in [0.4, 0.5) is 0 Å². The summed E-state index contributed by atoms with van der Waals surface area (Å²) >= 11 is 0. The van der Waals surface area contributed by atoms with E-state index in [4.69, 9.17) is 4.42 Å². The summed E-state index contributed by atoms with van der Waals surface area (Å²) in [6, 6.07) is 0.152. The average molecular weight is 386 g/mol. The van der Waals surface area contributed by atoms with Gasteiger partial charge in [0.1, 0.15) is 0 Å². The lowest BCUT2D eigenvalue weighted by Gasteiger charge is -2.38. The smallest absolute Gasteiger partial charge is 0.282 e. The van der Waals surface area contributed by atoms with Crippen LogP contribution < -0.4 is 0 Å². The van der Waals surface area contributed by atoms with E-state index in [9.17, 15) is 8.42 Å². The number of rotatable bonds is 6. The number of aromatic nitrogens is 2. The van der Waals surface area contributed by atoms with E-state index in [1.807, 2.05) is 13.8 Å². The van der Waals surface area contributed by atoms with Gasteiger partial charge in [-0.05, 0) is 12.8 Å². The van der Waals surface area contributed by atoms with Crippen LogP contribution in [0.25, 0.3) is 0 Å².